The number of aryl methyl sites for hydroxylation is 1. The molecule has 0 spiro atoms. The number of amides is 1. The number of carbonyl (C=O) groups excluding carboxylic acids is 1. The van der Waals surface area contributed by atoms with Crippen molar-refractivity contribution in [1.29, 1.82) is 0 Å². The maximum atomic E-state index is 12.8. The van der Waals surface area contributed by atoms with Gasteiger partial charge in [0.1, 0.15) is 0 Å². The van der Waals surface area contributed by atoms with E-state index in [2.05, 4.69) is 20.8 Å². The number of benzene rings is 1. The maximum absolute atomic E-state index is 12.8. The number of aromatic nitrogens is 4. The molecule has 4 bridgehead atoms. The van der Waals surface area contributed by atoms with Gasteiger partial charge in [-0.15, -0.1) is 5.10 Å². The highest BCUT2D eigenvalue weighted by molar-refractivity contribution is 5.91. The Kier molecular flexibility index (Phi) is 3.66. The van der Waals surface area contributed by atoms with Gasteiger partial charge >= 0.3 is 0 Å². The molecule has 4 saturated carbocycles. The monoisotopic (exact) mass is 367 g/mol. The summed E-state index contributed by atoms with van der Waals surface area (Å²) in [4.78, 5) is 12.8. The van der Waals surface area contributed by atoms with Crippen LogP contribution in [0.5, 0.6) is 0 Å². The first-order valence-electron chi connectivity index (χ1n) is 9.77. The van der Waals surface area contributed by atoms with Crippen LogP contribution in [0.2, 0.25) is 0 Å². The lowest BCUT2D eigenvalue weighted by molar-refractivity contribution is -0.167. The van der Waals surface area contributed by atoms with Crippen LogP contribution in [0.25, 0.3) is 11.4 Å². The second-order valence-corrected chi connectivity index (χ2v) is 9.12. The lowest BCUT2D eigenvalue weighted by atomic mass is 9.47. The number of hydrogen-bond donors (Lipinski definition) is 2. The SMILES string of the molecule is Cn1nnnc1-c1cccc(NC(=O)CC23CC4CC(CC(O)(C4)C2)C3)c1. The Hall–Kier alpha value is -2.28. The van der Waals surface area contributed by atoms with Crippen molar-refractivity contribution in [2.45, 2.75) is 50.5 Å². The smallest absolute Gasteiger partial charge is 0.224 e. The zero-order chi connectivity index (χ0) is 18.6. The number of nitrogens with one attached hydrogen (secondary N) is 1. The number of hydrogen-bond acceptors (Lipinski definition) is 5. The fourth-order valence-corrected chi connectivity index (χ4v) is 6.36. The molecule has 4 fully saturated rings. The number of tetrazole rings is 1. The molecule has 2 unspecified atom stereocenters. The highest BCUT2D eigenvalue weighted by Crippen LogP contribution is 2.62. The van der Waals surface area contributed by atoms with Gasteiger partial charge in [0.25, 0.3) is 0 Å². The summed E-state index contributed by atoms with van der Waals surface area (Å²) in [5, 5.41) is 25.5. The van der Waals surface area contributed by atoms with E-state index >= 15 is 0 Å². The molecule has 2 aromatic rings. The molecule has 1 aromatic heterocycles. The Labute approximate surface area is 158 Å². The lowest BCUT2D eigenvalue weighted by Gasteiger charge is -2.60. The topological polar surface area (TPSA) is 92.9 Å². The number of anilines is 1. The van der Waals surface area contributed by atoms with Crippen molar-refractivity contribution in [3.8, 4) is 11.4 Å². The van der Waals surface area contributed by atoms with Gasteiger partial charge in [-0.05, 0) is 78.3 Å². The van der Waals surface area contributed by atoms with Crippen LogP contribution >= 0.6 is 0 Å². The first-order valence-corrected chi connectivity index (χ1v) is 9.77. The minimum absolute atomic E-state index is 0.0198. The Bertz CT molecular complexity index is 878. The molecular weight excluding hydrogens is 342 g/mol. The molecule has 1 aromatic carbocycles. The molecule has 1 heterocycles. The molecule has 6 rings (SSSR count). The predicted octanol–water partition coefficient (Wildman–Crippen LogP) is 2.54. The number of rotatable bonds is 4. The zero-order valence-corrected chi connectivity index (χ0v) is 15.6. The quantitative estimate of drug-likeness (QED) is 0.866. The van der Waals surface area contributed by atoms with Crippen LogP contribution in [0, 0.1) is 17.3 Å². The molecule has 4 aliphatic rings. The fourth-order valence-electron chi connectivity index (χ4n) is 6.36. The molecular formula is C20H25N5O2. The van der Waals surface area contributed by atoms with Gasteiger partial charge < -0.3 is 10.4 Å². The summed E-state index contributed by atoms with van der Waals surface area (Å²) in [5.41, 5.74) is 1.07. The summed E-state index contributed by atoms with van der Waals surface area (Å²) in [6.07, 6.45) is 6.55. The largest absolute Gasteiger partial charge is 0.390 e. The molecule has 7 heteroatoms. The maximum Gasteiger partial charge on any atom is 0.224 e. The second-order valence-electron chi connectivity index (χ2n) is 9.12. The van der Waals surface area contributed by atoms with E-state index in [1.54, 1.807) is 11.7 Å². The normalized spacial score (nSPS) is 34.0. The van der Waals surface area contributed by atoms with Crippen molar-refractivity contribution >= 4 is 11.6 Å². The van der Waals surface area contributed by atoms with E-state index < -0.39 is 5.60 Å². The number of nitrogens with zero attached hydrogens (tertiary/aromatic N) is 4. The molecule has 2 N–H and O–H groups in total. The Morgan fingerprint density at radius 3 is 2.74 bits per heavy atom. The molecule has 142 valence electrons. The molecule has 0 radical (unpaired) electrons. The van der Waals surface area contributed by atoms with E-state index in [1.807, 2.05) is 24.3 Å². The Morgan fingerprint density at radius 2 is 2.07 bits per heavy atom. The summed E-state index contributed by atoms with van der Waals surface area (Å²) < 4.78 is 1.61. The highest BCUT2D eigenvalue weighted by atomic mass is 16.3. The van der Waals surface area contributed by atoms with Crippen LogP contribution in [-0.4, -0.2) is 36.8 Å². The van der Waals surface area contributed by atoms with Crippen LogP contribution in [0.4, 0.5) is 5.69 Å². The Balaban J connectivity index is 1.31. The van der Waals surface area contributed by atoms with Gasteiger partial charge in [0.15, 0.2) is 5.82 Å². The third kappa shape index (κ3) is 3.04. The van der Waals surface area contributed by atoms with E-state index in [9.17, 15) is 9.90 Å². The van der Waals surface area contributed by atoms with E-state index in [4.69, 9.17) is 0 Å². The van der Waals surface area contributed by atoms with E-state index in [-0.39, 0.29) is 11.3 Å². The predicted molar refractivity (Wildman–Crippen MR) is 99.5 cm³/mol. The molecule has 7 nitrogen and oxygen atoms in total. The minimum atomic E-state index is -0.525. The minimum Gasteiger partial charge on any atom is -0.390 e. The van der Waals surface area contributed by atoms with Crippen molar-refractivity contribution in [3.05, 3.63) is 24.3 Å². The first-order chi connectivity index (χ1) is 12.9. The van der Waals surface area contributed by atoms with Gasteiger partial charge in [0.05, 0.1) is 5.60 Å². The summed E-state index contributed by atoms with van der Waals surface area (Å²) >= 11 is 0. The molecule has 2 atom stereocenters. The fraction of sp³-hybridized carbons (Fsp3) is 0.600. The van der Waals surface area contributed by atoms with E-state index in [1.165, 1.54) is 6.42 Å². The van der Waals surface area contributed by atoms with Crippen molar-refractivity contribution in [2.24, 2.45) is 24.3 Å². The van der Waals surface area contributed by atoms with Gasteiger partial charge in [-0.3, -0.25) is 4.79 Å². The van der Waals surface area contributed by atoms with E-state index in [0.29, 0.717) is 24.1 Å². The van der Waals surface area contributed by atoms with Crippen molar-refractivity contribution in [1.82, 2.24) is 20.2 Å². The third-order valence-corrected chi connectivity index (χ3v) is 6.71. The summed E-state index contributed by atoms with van der Waals surface area (Å²) in [6, 6.07) is 7.61. The zero-order valence-electron chi connectivity index (χ0n) is 15.6. The molecule has 27 heavy (non-hydrogen) atoms. The lowest BCUT2D eigenvalue weighted by Crippen LogP contribution is -2.56. The van der Waals surface area contributed by atoms with Crippen LogP contribution in [0.1, 0.15) is 44.9 Å². The van der Waals surface area contributed by atoms with Crippen molar-refractivity contribution < 1.29 is 9.90 Å². The van der Waals surface area contributed by atoms with Gasteiger partial charge in [0, 0.05) is 24.7 Å². The first kappa shape index (κ1) is 16.9. The molecule has 4 aliphatic carbocycles. The third-order valence-electron chi connectivity index (χ3n) is 6.71. The van der Waals surface area contributed by atoms with Crippen LogP contribution in [0.15, 0.2) is 24.3 Å². The second kappa shape index (κ2) is 5.86. The van der Waals surface area contributed by atoms with Crippen LogP contribution < -0.4 is 5.32 Å². The highest BCUT2D eigenvalue weighted by Gasteiger charge is 2.57. The van der Waals surface area contributed by atoms with Gasteiger partial charge in [0.2, 0.25) is 5.91 Å². The van der Waals surface area contributed by atoms with Crippen LogP contribution in [-0.2, 0) is 11.8 Å². The average Bonchev–Trinajstić information content (AvgIpc) is 2.98. The molecule has 0 saturated heterocycles. The van der Waals surface area contributed by atoms with Gasteiger partial charge in [-0.25, -0.2) is 4.68 Å². The Morgan fingerprint density at radius 1 is 1.30 bits per heavy atom. The van der Waals surface area contributed by atoms with Crippen LogP contribution in [0.3, 0.4) is 0 Å². The standard InChI is InChI=1S/C20H25N5O2/c1-25-18(22-23-24-25)15-3-2-4-16(6-15)21-17(26)11-19-7-13-5-14(8-19)10-20(27,9-13)12-19/h2-4,6,13-14,27H,5,7-12H2,1H3,(H,21,26). The summed E-state index contributed by atoms with van der Waals surface area (Å²) in [6.45, 7) is 0. The van der Waals surface area contributed by atoms with Gasteiger partial charge in [-0.2, -0.15) is 0 Å². The summed E-state index contributed by atoms with van der Waals surface area (Å²) in [7, 11) is 1.79. The van der Waals surface area contributed by atoms with Gasteiger partial charge in [-0.1, -0.05) is 12.1 Å². The average molecular weight is 367 g/mol. The number of aliphatic hydroxyl groups is 1. The van der Waals surface area contributed by atoms with Crippen molar-refractivity contribution in [3.63, 3.8) is 0 Å². The van der Waals surface area contributed by atoms with Crippen molar-refractivity contribution in [2.75, 3.05) is 5.32 Å². The summed E-state index contributed by atoms with van der Waals surface area (Å²) in [5.74, 6) is 1.88. The molecule has 1 amide bonds. The number of carbonyl (C=O) groups is 1. The molecule has 0 aliphatic heterocycles. The van der Waals surface area contributed by atoms with E-state index in [0.717, 1.165) is 43.4 Å².